The molecule has 114 valence electrons. The van der Waals surface area contributed by atoms with Gasteiger partial charge in [-0.1, -0.05) is 0 Å². The molecule has 0 spiro atoms. The summed E-state index contributed by atoms with van der Waals surface area (Å²) in [6.07, 6.45) is 1.25. The number of benzene rings is 1. The maximum atomic E-state index is 13.6. The number of aliphatic hydroxyl groups is 1. The summed E-state index contributed by atoms with van der Waals surface area (Å²) in [5.74, 6) is -1.91. The van der Waals surface area contributed by atoms with Gasteiger partial charge in [-0.3, -0.25) is 0 Å². The SMILES string of the molecule is CC1(O)CCCN(C(=O)Nc2cc(C(=O)O)ccc2F)C1. The van der Waals surface area contributed by atoms with Crippen molar-refractivity contribution >= 4 is 17.7 Å². The van der Waals surface area contributed by atoms with Gasteiger partial charge in [0, 0.05) is 6.54 Å². The first-order valence-corrected chi connectivity index (χ1v) is 6.60. The molecule has 2 amide bonds. The molecule has 1 aromatic carbocycles. The number of carboxylic acid groups (broad SMARTS) is 1. The minimum absolute atomic E-state index is 0.114. The number of nitrogens with zero attached hydrogens (tertiary/aromatic N) is 1. The van der Waals surface area contributed by atoms with Crippen LogP contribution in [0.25, 0.3) is 0 Å². The van der Waals surface area contributed by atoms with Gasteiger partial charge in [-0.25, -0.2) is 14.0 Å². The number of carbonyl (C=O) groups excluding carboxylic acids is 1. The molecule has 1 aliphatic rings. The Morgan fingerprint density at radius 2 is 2.14 bits per heavy atom. The van der Waals surface area contributed by atoms with E-state index >= 15 is 0 Å². The van der Waals surface area contributed by atoms with E-state index in [1.807, 2.05) is 0 Å². The van der Waals surface area contributed by atoms with Crippen LogP contribution in [0.4, 0.5) is 14.9 Å². The number of hydrogen-bond donors (Lipinski definition) is 3. The van der Waals surface area contributed by atoms with Gasteiger partial charge in [-0.15, -0.1) is 0 Å². The lowest BCUT2D eigenvalue weighted by molar-refractivity contribution is -0.000642. The second-order valence-electron chi connectivity index (χ2n) is 5.45. The average Bonchev–Trinajstić information content (AvgIpc) is 2.39. The fourth-order valence-corrected chi connectivity index (χ4v) is 2.34. The van der Waals surface area contributed by atoms with Crippen LogP contribution in [0.15, 0.2) is 18.2 Å². The summed E-state index contributed by atoms with van der Waals surface area (Å²) in [6, 6.07) is 2.62. The third-order valence-corrected chi connectivity index (χ3v) is 3.42. The summed E-state index contributed by atoms with van der Waals surface area (Å²) < 4.78 is 13.6. The van der Waals surface area contributed by atoms with Crippen molar-refractivity contribution in [1.82, 2.24) is 4.90 Å². The molecular weight excluding hydrogens is 279 g/mol. The molecule has 21 heavy (non-hydrogen) atoms. The lowest BCUT2D eigenvalue weighted by atomic mass is 9.95. The number of carbonyl (C=O) groups is 2. The predicted molar refractivity (Wildman–Crippen MR) is 73.8 cm³/mol. The quantitative estimate of drug-likeness (QED) is 0.777. The normalized spacial score (nSPS) is 22.0. The lowest BCUT2D eigenvalue weighted by Gasteiger charge is -2.36. The summed E-state index contributed by atoms with van der Waals surface area (Å²) in [7, 11) is 0. The number of likely N-dealkylation sites (tertiary alicyclic amines) is 1. The molecule has 1 fully saturated rings. The molecule has 6 nitrogen and oxygen atoms in total. The minimum Gasteiger partial charge on any atom is -0.478 e. The molecule has 0 saturated carbocycles. The van der Waals surface area contributed by atoms with Gasteiger partial charge in [0.1, 0.15) is 5.82 Å². The summed E-state index contributed by atoms with van der Waals surface area (Å²) in [5.41, 5.74) is -1.26. The van der Waals surface area contributed by atoms with E-state index in [-0.39, 0.29) is 17.8 Å². The monoisotopic (exact) mass is 296 g/mol. The number of β-amino-alcohol motifs (C(OH)–C–C–N with tert-alkyl or cyclic N) is 1. The Bertz CT molecular complexity index is 574. The number of rotatable bonds is 2. The van der Waals surface area contributed by atoms with Crippen LogP contribution in [0.1, 0.15) is 30.1 Å². The molecule has 1 atom stereocenters. The highest BCUT2D eigenvalue weighted by molar-refractivity contribution is 5.93. The van der Waals surface area contributed by atoms with E-state index < -0.39 is 23.4 Å². The summed E-state index contributed by atoms with van der Waals surface area (Å²) in [5, 5.41) is 21.2. The molecular formula is C14H17FN2O4. The van der Waals surface area contributed by atoms with E-state index in [0.29, 0.717) is 19.4 Å². The first kappa shape index (κ1) is 15.2. The van der Waals surface area contributed by atoms with Crippen LogP contribution in [-0.4, -0.2) is 45.8 Å². The van der Waals surface area contributed by atoms with Crippen LogP contribution in [-0.2, 0) is 0 Å². The molecule has 0 bridgehead atoms. The van der Waals surface area contributed by atoms with Crippen molar-refractivity contribution in [1.29, 1.82) is 0 Å². The van der Waals surface area contributed by atoms with E-state index in [0.717, 1.165) is 18.2 Å². The number of amides is 2. The van der Waals surface area contributed by atoms with Crippen molar-refractivity contribution in [2.24, 2.45) is 0 Å². The first-order valence-electron chi connectivity index (χ1n) is 6.60. The molecule has 1 aromatic rings. The summed E-state index contributed by atoms with van der Waals surface area (Å²) in [4.78, 5) is 24.3. The number of hydrogen-bond acceptors (Lipinski definition) is 3. The van der Waals surface area contributed by atoms with Crippen molar-refractivity contribution in [2.75, 3.05) is 18.4 Å². The minimum atomic E-state index is -1.20. The van der Waals surface area contributed by atoms with Crippen molar-refractivity contribution in [3.63, 3.8) is 0 Å². The van der Waals surface area contributed by atoms with Crippen LogP contribution in [0, 0.1) is 5.82 Å². The molecule has 7 heteroatoms. The van der Waals surface area contributed by atoms with Gasteiger partial charge in [0.05, 0.1) is 23.4 Å². The topological polar surface area (TPSA) is 89.9 Å². The molecule has 1 saturated heterocycles. The van der Waals surface area contributed by atoms with E-state index in [2.05, 4.69) is 5.32 Å². The number of carboxylic acids is 1. The standard InChI is InChI=1S/C14H17FN2O4/c1-14(21)5-2-6-17(8-14)13(20)16-11-7-9(12(18)19)3-4-10(11)15/h3-4,7,21H,2,5-6,8H2,1H3,(H,16,20)(H,18,19). The van der Waals surface area contributed by atoms with Gasteiger partial charge in [0.15, 0.2) is 0 Å². The molecule has 0 aliphatic carbocycles. The van der Waals surface area contributed by atoms with Crippen LogP contribution in [0.5, 0.6) is 0 Å². The molecule has 1 unspecified atom stereocenters. The summed E-state index contributed by atoms with van der Waals surface area (Å²) >= 11 is 0. The highest BCUT2D eigenvalue weighted by atomic mass is 19.1. The second kappa shape index (κ2) is 5.69. The average molecular weight is 296 g/mol. The summed E-state index contributed by atoms with van der Waals surface area (Å²) in [6.45, 7) is 2.25. The van der Waals surface area contributed by atoms with Crippen molar-refractivity contribution in [3.05, 3.63) is 29.6 Å². The van der Waals surface area contributed by atoms with Crippen molar-refractivity contribution in [3.8, 4) is 0 Å². The highest BCUT2D eigenvalue weighted by Gasteiger charge is 2.31. The molecule has 0 radical (unpaired) electrons. The van der Waals surface area contributed by atoms with E-state index in [1.165, 1.54) is 4.90 Å². The van der Waals surface area contributed by atoms with Crippen LogP contribution < -0.4 is 5.32 Å². The largest absolute Gasteiger partial charge is 0.478 e. The van der Waals surface area contributed by atoms with Gasteiger partial charge in [0.2, 0.25) is 0 Å². The number of piperidine rings is 1. The molecule has 1 aliphatic heterocycles. The van der Waals surface area contributed by atoms with E-state index in [9.17, 15) is 19.1 Å². The fourth-order valence-electron chi connectivity index (χ4n) is 2.34. The zero-order valence-corrected chi connectivity index (χ0v) is 11.6. The smallest absolute Gasteiger partial charge is 0.335 e. The van der Waals surface area contributed by atoms with Gasteiger partial charge in [-0.2, -0.15) is 0 Å². The number of nitrogens with one attached hydrogen (secondary N) is 1. The van der Waals surface area contributed by atoms with Crippen molar-refractivity contribution < 1.29 is 24.2 Å². The van der Waals surface area contributed by atoms with Crippen molar-refractivity contribution in [2.45, 2.75) is 25.4 Å². The number of urea groups is 1. The van der Waals surface area contributed by atoms with E-state index in [4.69, 9.17) is 5.11 Å². The van der Waals surface area contributed by atoms with Gasteiger partial charge in [-0.05, 0) is 38.0 Å². The maximum Gasteiger partial charge on any atom is 0.335 e. The van der Waals surface area contributed by atoms with Crippen LogP contribution in [0.3, 0.4) is 0 Å². The number of halogens is 1. The van der Waals surface area contributed by atoms with E-state index in [1.54, 1.807) is 6.92 Å². The van der Waals surface area contributed by atoms with Crippen LogP contribution >= 0.6 is 0 Å². The molecule has 2 rings (SSSR count). The number of aromatic carboxylic acids is 1. The Morgan fingerprint density at radius 1 is 1.43 bits per heavy atom. The molecule has 0 aromatic heterocycles. The maximum absolute atomic E-state index is 13.6. The first-order chi connectivity index (χ1) is 9.78. The lowest BCUT2D eigenvalue weighted by Crippen LogP contribution is -2.50. The zero-order valence-electron chi connectivity index (χ0n) is 11.6. The zero-order chi connectivity index (χ0) is 15.6. The third-order valence-electron chi connectivity index (χ3n) is 3.42. The Kier molecular flexibility index (Phi) is 4.13. The predicted octanol–water partition coefficient (Wildman–Crippen LogP) is 1.90. The van der Waals surface area contributed by atoms with Gasteiger partial charge >= 0.3 is 12.0 Å². The third kappa shape index (κ3) is 3.69. The Labute approximate surface area is 121 Å². The Morgan fingerprint density at radius 3 is 2.76 bits per heavy atom. The Hall–Kier alpha value is -2.15. The second-order valence-corrected chi connectivity index (χ2v) is 5.45. The van der Waals surface area contributed by atoms with Crippen LogP contribution in [0.2, 0.25) is 0 Å². The molecule has 3 N–H and O–H groups in total. The Balaban J connectivity index is 2.12. The van der Waals surface area contributed by atoms with Gasteiger partial charge < -0.3 is 20.4 Å². The molecule has 1 heterocycles. The fraction of sp³-hybridized carbons (Fsp3) is 0.429. The van der Waals surface area contributed by atoms with Gasteiger partial charge in [0.25, 0.3) is 0 Å². The highest BCUT2D eigenvalue weighted by Crippen LogP contribution is 2.22. The number of anilines is 1.